The van der Waals surface area contributed by atoms with Gasteiger partial charge in [0.25, 0.3) is 5.91 Å². The van der Waals surface area contributed by atoms with Gasteiger partial charge in [-0.15, -0.1) is 0 Å². The van der Waals surface area contributed by atoms with Gasteiger partial charge in [0.2, 0.25) is 0 Å². The largest absolute Gasteiger partial charge is 0.462 e. The SMILES string of the molecule is NC(=O)c1cc(NCc2ccc(CO)o2)c(F)cc1F. The van der Waals surface area contributed by atoms with Crippen molar-refractivity contribution in [1.29, 1.82) is 0 Å². The van der Waals surface area contributed by atoms with Gasteiger partial charge in [-0.1, -0.05) is 0 Å². The summed E-state index contributed by atoms with van der Waals surface area (Å²) in [7, 11) is 0. The van der Waals surface area contributed by atoms with Crippen LogP contribution < -0.4 is 11.1 Å². The average Bonchev–Trinajstić information content (AvgIpc) is 2.85. The fourth-order valence-electron chi connectivity index (χ4n) is 1.66. The Morgan fingerprint density at radius 3 is 2.55 bits per heavy atom. The second kappa shape index (κ2) is 5.70. The molecular weight excluding hydrogens is 270 g/mol. The van der Waals surface area contributed by atoms with E-state index in [4.69, 9.17) is 15.3 Å². The molecule has 2 aromatic rings. The van der Waals surface area contributed by atoms with Crippen LogP contribution in [0.15, 0.2) is 28.7 Å². The van der Waals surface area contributed by atoms with Crippen LogP contribution in [0.25, 0.3) is 0 Å². The monoisotopic (exact) mass is 282 g/mol. The molecule has 0 unspecified atom stereocenters. The van der Waals surface area contributed by atoms with Crippen molar-refractivity contribution in [2.45, 2.75) is 13.2 Å². The summed E-state index contributed by atoms with van der Waals surface area (Å²) < 4.78 is 32.0. The van der Waals surface area contributed by atoms with E-state index in [0.29, 0.717) is 17.6 Å². The number of hydrogen-bond acceptors (Lipinski definition) is 4. The summed E-state index contributed by atoms with van der Waals surface area (Å²) in [5.74, 6) is -2.01. The van der Waals surface area contributed by atoms with Gasteiger partial charge >= 0.3 is 0 Å². The number of nitrogens with two attached hydrogens (primary N) is 1. The zero-order chi connectivity index (χ0) is 14.7. The van der Waals surface area contributed by atoms with Gasteiger partial charge in [0.1, 0.15) is 29.8 Å². The molecule has 0 spiro atoms. The smallest absolute Gasteiger partial charge is 0.251 e. The van der Waals surface area contributed by atoms with Crippen molar-refractivity contribution < 1.29 is 23.1 Å². The molecule has 2 rings (SSSR count). The van der Waals surface area contributed by atoms with Gasteiger partial charge in [-0.05, 0) is 18.2 Å². The summed E-state index contributed by atoms with van der Waals surface area (Å²) in [4.78, 5) is 11.0. The number of benzene rings is 1. The number of nitrogens with one attached hydrogen (secondary N) is 1. The predicted molar refractivity (Wildman–Crippen MR) is 66.8 cm³/mol. The Hall–Kier alpha value is -2.41. The first-order valence-corrected chi connectivity index (χ1v) is 5.72. The average molecular weight is 282 g/mol. The minimum absolute atomic E-state index is 0.0675. The van der Waals surface area contributed by atoms with Crippen LogP contribution in [0, 0.1) is 11.6 Å². The first-order chi connectivity index (χ1) is 9.51. The first kappa shape index (κ1) is 14.0. The summed E-state index contributed by atoms with van der Waals surface area (Å²) in [6, 6.07) is 4.77. The van der Waals surface area contributed by atoms with Crippen LogP contribution in [0.1, 0.15) is 21.9 Å². The van der Waals surface area contributed by atoms with Crippen molar-refractivity contribution >= 4 is 11.6 Å². The van der Waals surface area contributed by atoms with Crippen LogP contribution >= 0.6 is 0 Å². The van der Waals surface area contributed by atoms with Crippen molar-refractivity contribution in [2.75, 3.05) is 5.32 Å². The minimum Gasteiger partial charge on any atom is -0.462 e. The molecule has 0 aliphatic heterocycles. The maximum absolute atomic E-state index is 13.5. The highest BCUT2D eigenvalue weighted by molar-refractivity contribution is 5.94. The van der Waals surface area contributed by atoms with E-state index in [1.165, 1.54) is 0 Å². The topological polar surface area (TPSA) is 88.5 Å². The third kappa shape index (κ3) is 2.94. The molecule has 0 bridgehead atoms. The van der Waals surface area contributed by atoms with E-state index in [9.17, 15) is 13.6 Å². The molecule has 0 fully saturated rings. The summed E-state index contributed by atoms with van der Waals surface area (Å²) in [6.07, 6.45) is 0. The Kier molecular flexibility index (Phi) is 3.99. The van der Waals surface area contributed by atoms with Crippen LogP contribution in [-0.2, 0) is 13.2 Å². The maximum atomic E-state index is 13.5. The van der Waals surface area contributed by atoms with Gasteiger partial charge in [0.15, 0.2) is 0 Å². The van der Waals surface area contributed by atoms with Crippen molar-refractivity contribution in [3.8, 4) is 0 Å². The van der Waals surface area contributed by atoms with E-state index in [1.807, 2.05) is 0 Å². The van der Waals surface area contributed by atoms with Gasteiger partial charge in [-0.25, -0.2) is 8.78 Å². The van der Waals surface area contributed by atoms with E-state index < -0.39 is 23.1 Å². The van der Waals surface area contributed by atoms with Crippen molar-refractivity contribution in [3.63, 3.8) is 0 Å². The summed E-state index contributed by atoms with van der Waals surface area (Å²) >= 11 is 0. The number of amides is 1. The number of furan rings is 1. The van der Waals surface area contributed by atoms with E-state index in [-0.39, 0.29) is 18.8 Å². The first-order valence-electron chi connectivity index (χ1n) is 5.72. The lowest BCUT2D eigenvalue weighted by molar-refractivity contribution is 0.0996. The molecular formula is C13H12F2N2O3. The molecule has 20 heavy (non-hydrogen) atoms. The van der Waals surface area contributed by atoms with Gasteiger partial charge in [0, 0.05) is 6.07 Å². The number of carbonyl (C=O) groups is 1. The molecule has 1 heterocycles. The van der Waals surface area contributed by atoms with Crippen LogP contribution in [0.4, 0.5) is 14.5 Å². The van der Waals surface area contributed by atoms with Crippen LogP contribution in [0.2, 0.25) is 0 Å². The molecule has 4 N–H and O–H groups in total. The highest BCUT2D eigenvalue weighted by Crippen LogP contribution is 2.20. The van der Waals surface area contributed by atoms with Crippen LogP contribution in [0.5, 0.6) is 0 Å². The maximum Gasteiger partial charge on any atom is 0.251 e. The zero-order valence-electron chi connectivity index (χ0n) is 10.3. The Bertz CT molecular complexity index is 641. The Balaban J connectivity index is 2.16. The lowest BCUT2D eigenvalue weighted by Gasteiger charge is -2.08. The second-order valence-electron chi connectivity index (χ2n) is 4.06. The predicted octanol–water partition coefficient (Wildman–Crippen LogP) is 1.76. The molecule has 1 aromatic heterocycles. The number of rotatable bonds is 5. The number of primary amides is 1. The summed E-state index contributed by atoms with van der Waals surface area (Å²) in [5, 5.41) is 11.5. The minimum atomic E-state index is -1.01. The Morgan fingerprint density at radius 2 is 1.95 bits per heavy atom. The van der Waals surface area contributed by atoms with E-state index in [2.05, 4.69) is 5.32 Å². The summed E-state index contributed by atoms with van der Waals surface area (Å²) in [5.41, 5.74) is 4.52. The number of carbonyl (C=O) groups excluding carboxylic acids is 1. The van der Waals surface area contributed by atoms with Crippen LogP contribution in [0.3, 0.4) is 0 Å². The third-order valence-electron chi connectivity index (χ3n) is 2.65. The molecule has 0 saturated heterocycles. The molecule has 7 heteroatoms. The highest BCUT2D eigenvalue weighted by Gasteiger charge is 2.14. The third-order valence-corrected chi connectivity index (χ3v) is 2.65. The quantitative estimate of drug-likeness (QED) is 0.779. The van der Waals surface area contributed by atoms with Gasteiger partial charge in [-0.3, -0.25) is 4.79 Å². The summed E-state index contributed by atoms with van der Waals surface area (Å²) in [6.45, 7) is -0.127. The zero-order valence-corrected chi connectivity index (χ0v) is 10.3. The van der Waals surface area contributed by atoms with Crippen LogP contribution in [-0.4, -0.2) is 11.0 Å². The van der Waals surface area contributed by atoms with Gasteiger partial charge in [0.05, 0.1) is 17.8 Å². The fraction of sp³-hybridized carbons (Fsp3) is 0.154. The van der Waals surface area contributed by atoms with Crippen molar-refractivity contribution in [3.05, 3.63) is 53.0 Å². The Labute approximate surface area is 113 Å². The number of halogens is 2. The second-order valence-corrected chi connectivity index (χ2v) is 4.06. The van der Waals surface area contributed by atoms with Gasteiger partial charge < -0.3 is 20.6 Å². The lowest BCUT2D eigenvalue weighted by Crippen LogP contribution is -2.14. The normalized spacial score (nSPS) is 10.6. The standard InChI is InChI=1S/C13H12F2N2O3/c14-10-4-11(15)12(3-9(10)13(16)19)17-5-7-1-2-8(6-18)20-7/h1-4,17-18H,5-6H2,(H2,16,19). The van der Waals surface area contributed by atoms with E-state index >= 15 is 0 Å². The molecule has 5 nitrogen and oxygen atoms in total. The molecule has 0 aliphatic rings. The Morgan fingerprint density at radius 1 is 1.25 bits per heavy atom. The number of hydrogen-bond donors (Lipinski definition) is 3. The fourth-order valence-corrected chi connectivity index (χ4v) is 1.66. The van der Waals surface area contributed by atoms with Gasteiger partial charge in [-0.2, -0.15) is 0 Å². The van der Waals surface area contributed by atoms with E-state index in [0.717, 1.165) is 6.07 Å². The number of aliphatic hydroxyl groups is 1. The molecule has 0 aliphatic carbocycles. The molecule has 1 aromatic carbocycles. The molecule has 0 radical (unpaired) electrons. The van der Waals surface area contributed by atoms with Crippen molar-refractivity contribution in [1.82, 2.24) is 0 Å². The lowest BCUT2D eigenvalue weighted by atomic mass is 10.1. The number of anilines is 1. The number of aliphatic hydroxyl groups excluding tert-OH is 1. The molecule has 0 atom stereocenters. The van der Waals surface area contributed by atoms with Crippen molar-refractivity contribution in [2.24, 2.45) is 5.73 Å². The highest BCUT2D eigenvalue weighted by atomic mass is 19.1. The molecule has 1 amide bonds. The molecule has 0 saturated carbocycles. The van der Waals surface area contributed by atoms with E-state index in [1.54, 1.807) is 12.1 Å². The molecule has 106 valence electrons.